The summed E-state index contributed by atoms with van der Waals surface area (Å²) in [5.41, 5.74) is 15.3. The molecule has 2 heterocycles. The van der Waals surface area contributed by atoms with Gasteiger partial charge in [0, 0.05) is 78.5 Å². The van der Waals surface area contributed by atoms with Crippen LogP contribution in [0.2, 0.25) is 0 Å². The van der Waals surface area contributed by atoms with Crippen LogP contribution in [0.15, 0.2) is 48.5 Å². The normalized spacial score (nSPS) is 13.6. The zero-order valence-electron chi connectivity index (χ0n) is 27.7. The van der Waals surface area contributed by atoms with Gasteiger partial charge >= 0.3 is 24.2 Å². The number of nitrogens with one attached hydrogen (secondary N) is 2. The fourth-order valence-electron chi connectivity index (χ4n) is 5.04. The lowest BCUT2D eigenvalue weighted by atomic mass is 10.1. The predicted molar refractivity (Wildman–Crippen MR) is 192 cm³/mol. The Morgan fingerprint density at radius 3 is 1.28 bits per heavy atom. The summed E-state index contributed by atoms with van der Waals surface area (Å²) in [6.07, 6.45) is -1.03. The van der Waals surface area contributed by atoms with E-state index in [0.717, 1.165) is 22.3 Å². The minimum absolute atomic E-state index is 0. The van der Waals surface area contributed by atoms with Gasteiger partial charge in [0.1, 0.15) is 0 Å². The van der Waals surface area contributed by atoms with Crippen molar-refractivity contribution in [3.63, 3.8) is 0 Å². The number of rotatable bonds is 8. The Bertz CT molecular complexity index is 1440. The highest BCUT2D eigenvalue weighted by atomic mass is 35.5. The average molecular weight is 732 g/mol. The van der Waals surface area contributed by atoms with Crippen molar-refractivity contribution in [2.45, 2.75) is 26.2 Å². The minimum atomic E-state index is -0.514. The molecule has 6 N–H and O–H groups in total. The number of hydrogen-bond donors (Lipinski definition) is 4. The van der Waals surface area contributed by atoms with Crippen LogP contribution in [0.4, 0.5) is 19.2 Å². The largest absolute Gasteiger partial charge is 0.436 e. The first-order valence-corrected chi connectivity index (χ1v) is 15.8. The van der Waals surface area contributed by atoms with E-state index < -0.39 is 12.2 Å². The molecule has 0 aromatic heterocycles. The summed E-state index contributed by atoms with van der Waals surface area (Å²) in [7, 11) is 0. The Balaban J connectivity index is 0.00000433. The van der Waals surface area contributed by atoms with Gasteiger partial charge in [-0.3, -0.25) is 0 Å². The quantitative estimate of drug-likeness (QED) is 0.299. The molecule has 0 bridgehead atoms. The van der Waals surface area contributed by atoms with Gasteiger partial charge in [-0.05, 0) is 45.9 Å². The Labute approximate surface area is 305 Å². The molecular formula is C34H44Cl2N8O6. The first-order valence-electron chi connectivity index (χ1n) is 15.8. The summed E-state index contributed by atoms with van der Waals surface area (Å²) in [6.45, 7) is 4.31. The standard InChI is InChI=1S/C34H42N8O6.2ClH/c35-23-27-7-5-9-29(21-27)25-37-31(43)39-11-15-41(16-12-39)33(45)47-19-3-1-2-4-20-48-34(46)42-17-13-40(14-18-42)32(44)38-26-30-10-6-8-28(22-30)24-36;;/h5-10,21-22H,11-20,23-26,35-36H2,(H,37,43)(H,38,44);2*1H. The van der Waals surface area contributed by atoms with Gasteiger partial charge in [-0.2, -0.15) is 0 Å². The number of carbonyl (C=O) groups excluding carboxylic acids is 4. The first kappa shape index (κ1) is 41.3. The second-order valence-electron chi connectivity index (χ2n) is 11.0. The summed E-state index contributed by atoms with van der Waals surface area (Å²) in [4.78, 5) is 56.1. The molecule has 0 spiro atoms. The van der Waals surface area contributed by atoms with Gasteiger partial charge in [0.2, 0.25) is 0 Å². The van der Waals surface area contributed by atoms with Crippen LogP contribution in [0.25, 0.3) is 0 Å². The van der Waals surface area contributed by atoms with Crippen LogP contribution in [0.1, 0.15) is 22.3 Å². The van der Waals surface area contributed by atoms with Gasteiger partial charge in [0.05, 0.1) is 0 Å². The summed E-state index contributed by atoms with van der Waals surface area (Å²) in [5.74, 6) is 10.4. The Morgan fingerprint density at radius 1 is 0.580 bits per heavy atom. The third-order valence-corrected chi connectivity index (χ3v) is 7.77. The Kier molecular flexibility index (Phi) is 18.2. The van der Waals surface area contributed by atoms with Gasteiger partial charge in [-0.15, -0.1) is 24.8 Å². The topological polar surface area (TPSA) is 176 Å². The molecular weight excluding hydrogens is 687 g/mol. The van der Waals surface area contributed by atoms with E-state index in [1.807, 2.05) is 48.5 Å². The Morgan fingerprint density at radius 2 is 0.920 bits per heavy atom. The van der Waals surface area contributed by atoms with Crippen molar-refractivity contribution >= 4 is 49.1 Å². The van der Waals surface area contributed by atoms with Gasteiger partial charge < -0.3 is 51.2 Å². The SMILES string of the molecule is Cl.Cl.NCc1cccc(CNC(=O)N2CCN(C(=O)OCC#CC#CCOC(=O)N3CCN(C(=O)NCc4cccc(CN)c4)CC3)CC2)c1. The number of piperazine rings is 2. The van der Waals surface area contributed by atoms with E-state index in [4.69, 9.17) is 20.9 Å². The van der Waals surface area contributed by atoms with Crippen molar-refractivity contribution in [1.29, 1.82) is 0 Å². The van der Waals surface area contributed by atoms with Crippen LogP contribution in [0.5, 0.6) is 0 Å². The van der Waals surface area contributed by atoms with Crippen LogP contribution in [-0.2, 0) is 35.7 Å². The van der Waals surface area contributed by atoms with Crippen molar-refractivity contribution in [1.82, 2.24) is 30.2 Å². The molecule has 14 nitrogen and oxygen atoms in total. The molecule has 0 aliphatic carbocycles. The van der Waals surface area contributed by atoms with E-state index in [1.165, 1.54) is 9.80 Å². The van der Waals surface area contributed by atoms with Crippen LogP contribution in [0.3, 0.4) is 0 Å². The molecule has 4 rings (SSSR count). The molecule has 2 aromatic carbocycles. The molecule has 2 aromatic rings. The number of benzene rings is 2. The number of nitrogens with two attached hydrogens (primary N) is 2. The third-order valence-electron chi connectivity index (χ3n) is 7.77. The van der Waals surface area contributed by atoms with Crippen molar-refractivity contribution in [3.8, 4) is 23.7 Å². The van der Waals surface area contributed by atoms with Crippen molar-refractivity contribution in [2.24, 2.45) is 11.5 Å². The lowest BCUT2D eigenvalue weighted by molar-refractivity contribution is 0.0897. The van der Waals surface area contributed by atoms with Crippen LogP contribution in [0, 0.1) is 23.7 Å². The number of nitrogens with zero attached hydrogens (tertiary/aromatic N) is 4. The molecule has 0 unspecified atom stereocenters. The lowest BCUT2D eigenvalue weighted by Crippen LogP contribution is -2.53. The molecule has 2 aliphatic rings. The van der Waals surface area contributed by atoms with E-state index >= 15 is 0 Å². The van der Waals surface area contributed by atoms with E-state index in [1.54, 1.807) is 9.80 Å². The number of urea groups is 2. The molecule has 270 valence electrons. The van der Waals surface area contributed by atoms with Gasteiger partial charge in [-0.25, -0.2) is 19.2 Å². The van der Waals surface area contributed by atoms with Crippen LogP contribution in [-0.4, -0.2) is 109 Å². The fourth-order valence-corrected chi connectivity index (χ4v) is 5.04. The fraction of sp³-hybridized carbons (Fsp3) is 0.412. The van der Waals surface area contributed by atoms with Gasteiger partial charge in [0.15, 0.2) is 13.2 Å². The van der Waals surface area contributed by atoms with E-state index in [0.29, 0.717) is 78.5 Å². The predicted octanol–water partition coefficient (Wildman–Crippen LogP) is 2.08. The second kappa shape index (κ2) is 22.0. The number of halogens is 2. The number of ether oxygens (including phenoxy) is 2. The Hall–Kier alpha value is -4.86. The molecule has 16 heteroatoms. The molecule has 2 saturated heterocycles. The maximum absolute atomic E-state index is 12.5. The summed E-state index contributed by atoms with van der Waals surface area (Å²) in [5, 5.41) is 5.80. The minimum Gasteiger partial charge on any atom is -0.436 e. The molecule has 0 atom stereocenters. The molecule has 6 amide bonds. The zero-order chi connectivity index (χ0) is 34.1. The number of hydrogen-bond acceptors (Lipinski definition) is 8. The summed E-state index contributed by atoms with van der Waals surface area (Å²) < 4.78 is 10.4. The van der Waals surface area contributed by atoms with Crippen molar-refractivity contribution < 1.29 is 28.7 Å². The maximum atomic E-state index is 12.5. The molecule has 2 fully saturated rings. The summed E-state index contributed by atoms with van der Waals surface area (Å²) >= 11 is 0. The first-order chi connectivity index (χ1) is 23.4. The summed E-state index contributed by atoms with van der Waals surface area (Å²) in [6, 6.07) is 15.1. The van der Waals surface area contributed by atoms with Gasteiger partial charge in [0.25, 0.3) is 0 Å². The molecule has 0 radical (unpaired) electrons. The monoisotopic (exact) mass is 730 g/mol. The molecule has 2 aliphatic heterocycles. The lowest BCUT2D eigenvalue weighted by Gasteiger charge is -2.33. The highest BCUT2D eigenvalue weighted by Gasteiger charge is 2.26. The average Bonchev–Trinajstić information content (AvgIpc) is 3.14. The number of carbonyl (C=O) groups is 4. The number of amides is 6. The van der Waals surface area contributed by atoms with Crippen LogP contribution >= 0.6 is 24.8 Å². The van der Waals surface area contributed by atoms with Crippen molar-refractivity contribution in [3.05, 3.63) is 70.8 Å². The highest BCUT2D eigenvalue weighted by molar-refractivity contribution is 5.85. The molecule has 50 heavy (non-hydrogen) atoms. The van der Waals surface area contributed by atoms with Crippen molar-refractivity contribution in [2.75, 3.05) is 65.6 Å². The van der Waals surface area contributed by atoms with E-state index in [-0.39, 0.29) is 50.1 Å². The second-order valence-corrected chi connectivity index (χ2v) is 11.0. The van der Waals surface area contributed by atoms with E-state index in [9.17, 15) is 19.2 Å². The highest BCUT2D eigenvalue weighted by Crippen LogP contribution is 2.09. The van der Waals surface area contributed by atoms with E-state index in [2.05, 4.69) is 34.3 Å². The van der Waals surface area contributed by atoms with Gasteiger partial charge in [-0.1, -0.05) is 48.5 Å². The maximum Gasteiger partial charge on any atom is 0.410 e. The third kappa shape index (κ3) is 13.2. The van der Waals surface area contributed by atoms with Crippen LogP contribution < -0.4 is 22.1 Å². The smallest absolute Gasteiger partial charge is 0.410 e. The zero-order valence-corrected chi connectivity index (χ0v) is 29.4. The molecule has 0 saturated carbocycles.